The van der Waals surface area contributed by atoms with Gasteiger partial charge in [0.15, 0.2) is 0 Å². The number of hydrogen-bond acceptors (Lipinski definition) is 3. The van der Waals surface area contributed by atoms with Gasteiger partial charge in [-0.25, -0.2) is 4.98 Å². The average Bonchev–Trinajstić information content (AvgIpc) is 2.73. The number of nitrogens with zero attached hydrogens (tertiary/aromatic N) is 1. The van der Waals surface area contributed by atoms with Gasteiger partial charge in [0.2, 0.25) is 0 Å². The summed E-state index contributed by atoms with van der Waals surface area (Å²) in [7, 11) is 0. The predicted octanol–water partition coefficient (Wildman–Crippen LogP) is 4.16. The summed E-state index contributed by atoms with van der Waals surface area (Å²) in [5.41, 5.74) is 11.4. The van der Waals surface area contributed by atoms with Crippen LogP contribution in [0.4, 0.5) is 5.69 Å². The van der Waals surface area contributed by atoms with Crippen LogP contribution in [-0.4, -0.2) is 4.98 Å². The number of para-hydroxylation sites is 1. The fourth-order valence-electron chi connectivity index (χ4n) is 2.18. The molecule has 0 saturated carbocycles. The summed E-state index contributed by atoms with van der Waals surface area (Å²) in [6, 6.07) is 12.2. The number of rotatable bonds is 1. The molecule has 0 atom stereocenters. The van der Waals surface area contributed by atoms with Crippen LogP contribution in [0.1, 0.15) is 11.1 Å². The molecule has 1 aromatic heterocycles. The van der Waals surface area contributed by atoms with E-state index in [-0.39, 0.29) is 0 Å². The molecule has 0 saturated heterocycles. The van der Waals surface area contributed by atoms with E-state index >= 15 is 0 Å². The highest BCUT2D eigenvalue weighted by atomic mass is 32.1. The molecule has 3 aromatic rings. The molecule has 0 unspecified atom stereocenters. The van der Waals surface area contributed by atoms with Crippen LogP contribution in [0.5, 0.6) is 0 Å². The zero-order valence-corrected chi connectivity index (χ0v) is 11.2. The second kappa shape index (κ2) is 4.10. The summed E-state index contributed by atoms with van der Waals surface area (Å²) >= 11 is 1.70. The number of anilines is 1. The smallest absolute Gasteiger partial charge is 0.126 e. The Kier molecular flexibility index (Phi) is 2.56. The summed E-state index contributed by atoms with van der Waals surface area (Å²) in [5, 5.41) is 0.997. The van der Waals surface area contributed by atoms with Crippen LogP contribution in [0.2, 0.25) is 0 Å². The lowest BCUT2D eigenvalue weighted by atomic mass is 10.1. The number of aromatic nitrogens is 1. The second-order valence-corrected chi connectivity index (χ2v) is 5.57. The Morgan fingerprint density at radius 1 is 1.11 bits per heavy atom. The first-order valence-electron chi connectivity index (χ1n) is 5.88. The van der Waals surface area contributed by atoms with Gasteiger partial charge in [0, 0.05) is 11.3 Å². The van der Waals surface area contributed by atoms with Gasteiger partial charge in [-0.3, -0.25) is 0 Å². The average molecular weight is 254 g/mol. The predicted molar refractivity (Wildman–Crippen MR) is 78.9 cm³/mol. The minimum absolute atomic E-state index is 0.783. The number of aryl methyl sites for hydroxylation is 2. The third-order valence-corrected chi connectivity index (χ3v) is 4.06. The van der Waals surface area contributed by atoms with Crippen molar-refractivity contribution in [2.75, 3.05) is 5.73 Å². The van der Waals surface area contributed by atoms with Crippen LogP contribution in [-0.2, 0) is 0 Å². The fourth-order valence-corrected chi connectivity index (χ4v) is 3.37. The summed E-state index contributed by atoms with van der Waals surface area (Å²) in [4.78, 5) is 4.72. The van der Waals surface area contributed by atoms with Crippen molar-refractivity contribution in [3.63, 3.8) is 0 Å². The van der Waals surface area contributed by atoms with E-state index in [1.165, 1.54) is 15.8 Å². The third kappa shape index (κ3) is 1.77. The number of benzene rings is 2. The summed E-state index contributed by atoms with van der Waals surface area (Å²) in [6.07, 6.45) is 0. The number of thiazole rings is 1. The topological polar surface area (TPSA) is 38.9 Å². The summed E-state index contributed by atoms with van der Waals surface area (Å²) in [6.45, 7) is 4.22. The van der Waals surface area contributed by atoms with Crippen molar-refractivity contribution in [2.24, 2.45) is 0 Å². The Bertz CT molecular complexity index is 728. The molecular formula is C15H14N2S. The van der Waals surface area contributed by atoms with Crippen LogP contribution in [0.15, 0.2) is 36.4 Å². The lowest BCUT2D eigenvalue weighted by Crippen LogP contribution is -1.88. The van der Waals surface area contributed by atoms with Crippen LogP contribution in [0, 0.1) is 13.8 Å². The number of nitrogen functional groups attached to an aromatic ring is 1. The third-order valence-electron chi connectivity index (χ3n) is 3.02. The highest BCUT2D eigenvalue weighted by Gasteiger charge is 2.10. The van der Waals surface area contributed by atoms with E-state index in [0.717, 1.165) is 21.8 Å². The molecule has 3 heteroatoms. The molecule has 3 rings (SSSR count). The van der Waals surface area contributed by atoms with E-state index in [2.05, 4.69) is 26.0 Å². The van der Waals surface area contributed by atoms with E-state index < -0.39 is 0 Å². The summed E-state index contributed by atoms with van der Waals surface area (Å²) < 4.78 is 1.23. The van der Waals surface area contributed by atoms with E-state index in [4.69, 9.17) is 10.7 Å². The molecule has 0 aliphatic carbocycles. The fraction of sp³-hybridized carbons (Fsp3) is 0.133. The van der Waals surface area contributed by atoms with E-state index in [0.29, 0.717) is 0 Å². The first kappa shape index (κ1) is 11.2. The molecule has 0 spiro atoms. The number of fused-ring (bicyclic) bond motifs is 1. The van der Waals surface area contributed by atoms with E-state index in [1.54, 1.807) is 11.3 Å². The molecule has 2 N–H and O–H groups in total. The monoisotopic (exact) mass is 254 g/mol. The van der Waals surface area contributed by atoms with E-state index in [9.17, 15) is 0 Å². The maximum atomic E-state index is 6.01. The van der Waals surface area contributed by atoms with Crippen molar-refractivity contribution in [1.29, 1.82) is 0 Å². The van der Waals surface area contributed by atoms with Gasteiger partial charge in [-0.05, 0) is 43.2 Å². The van der Waals surface area contributed by atoms with Crippen molar-refractivity contribution < 1.29 is 0 Å². The minimum atomic E-state index is 0.783. The Hall–Kier alpha value is -1.87. The SMILES string of the molecule is Cc1cc(C)c2nc(-c3ccccc3N)sc2c1. The molecule has 18 heavy (non-hydrogen) atoms. The molecule has 0 aliphatic rings. The Morgan fingerprint density at radius 2 is 1.89 bits per heavy atom. The second-order valence-electron chi connectivity index (χ2n) is 4.53. The first-order valence-corrected chi connectivity index (χ1v) is 6.69. The van der Waals surface area contributed by atoms with Crippen LogP contribution in [0.25, 0.3) is 20.8 Å². The quantitative estimate of drug-likeness (QED) is 0.662. The molecular weight excluding hydrogens is 240 g/mol. The van der Waals surface area contributed by atoms with Crippen LogP contribution in [0.3, 0.4) is 0 Å². The largest absolute Gasteiger partial charge is 0.398 e. The highest BCUT2D eigenvalue weighted by Crippen LogP contribution is 2.34. The molecule has 0 amide bonds. The molecule has 2 nitrogen and oxygen atoms in total. The van der Waals surface area contributed by atoms with Crippen LogP contribution >= 0.6 is 11.3 Å². The van der Waals surface area contributed by atoms with E-state index in [1.807, 2.05) is 24.3 Å². The Labute approximate surface area is 110 Å². The van der Waals surface area contributed by atoms with Crippen molar-refractivity contribution in [3.05, 3.63) is 47.5 Å². The normalized spacial score (nSPS) is 11.0. The lowest BCUT2D eigenvalue weighted by molar-refractivity contribution is 1.38. The molecule has 1 heterocycles. The molecule has 90 valence electrons. The first-order chi connectivity index (χ1) is 8.65. The summed E-state index contributed by atoms with van der Waals surface area (Å²) in [5.74, 6) is 0. The molecule has 0 bridgehead atoms. The lowest BCUT2D eigenvalue weighted by Gasteiger charge is -1.99. The van der Waals surface area contributed by atoms with Crippen molar-refractivity contribution in [3.8, 4) is 10.6 Å². The Morgan fingerprint density at radius 3 is 2.67 bits per heavy atom. The van der Waals surface area contributed by atoms with Gasteiger partial charge in [-0.1, -0.05) is 18.2 Å². The highest BCUT2D eigenvalue weighted by molar-refractivity contribution is 7.21. The standard InChI is InChI=1S/C15H14N2S/c1-9-7-10(2)14-13(8-9)18-15(17-14)11-5-3-4-6-12(11)16/h3-8H,16H2,1-2H3. The minimum Gasteiger partial charge on any atom is -0.398 e. The number of hydrogen-bond donors (Lipinski definition) is 1. The van der Waals surface area contributed by atoms with Crippen molar-refractivity contribution >= 4 is 27.2 Å². The van der Waals surface area contributed by atoms with Crippen molar-refractivity contribution in [1.82, 2.24) is 4.98 Å². The molecule has 0 fully saturated rings. The van der Waals surface area contributed by atoms with Crippen molar-refractivity contribution in [2.45, 2.75) is 13.8 Å². The van der Waals surface area contributed by atoms with Gasteiger partial charge in [-0.2, -0.15) is 0 Å². The number of nitrogens with two attached hydrogens (primary N) is 1. The zero-order chi connectivity index (χ0) is 12.7. The molecule has 0 radical (unpaired) electrons. The van der Waals surface area contributed by atoms with Gasteiger partial charge in [-0.15, -0.1) is 11.3 Å². The zero-order valence-electron chi connectivity index (χ0n) is 10.4. The molecule has 2 aromatic carbocycles. The molecule has 0 aliphatic heterocycles. The van der Waals surface area contributed by atoms with Gasteiger partial charge >= 0.3 is 0 Å². The van der Waals surface area contributed by atoms with Gasteiger partial charge in [0.25, 0.3) is 0 Å². The van der Waals surface area contributed by atoms with Gasteiger partial charge < -0.3 is 5.73 Å². The maximum Gasteiger partial charge on any atom is 0.126 e. The maximum absolute atomic E-state index is 6.01. The van der Waals surface area contributed by atoms with Gasteiger partial charge in [0.1, 0.15) is 5.01 Å². The Balaban J connectivity index is 2.26. The van der Waals surface area contributed by atoms with Crippen LogP contribution < -0.4 is 5.73 Å². The van der Waals surface area contributed by atoms with Gasteiger partial charge in [0.05, 0.1) is 10.2 Å².